The van der Waals surface area contributed by atoms with Crippen molar-refractivity contribution in [2.45, 2.75) is 5.60 Å². The predicted molar refractivity (Wildman–Crippen MR) is 55.3 cm³/mol. The molecule has 0 bridgehead atoms. The molecule has 13 heavy (non-hydrogen) atoms. The van der Waals surface area contributed by atoms with Crippen LogP contribution in [0, 0.1) is 0 Å². The van der Waals surface area contributed by atoms with Gasteiger partial charge in [-0.3, -0.25) is 0 Å². The Kier molecular flexibility index (Phi) is 3.25. The van der Waals surface area contributed by atoms with E-state index in [1.807, 2.05) is 6.07 Å². The monoisotopic (exact) mass is 242 g/mol. The number of aliphatic hydroxyl groups is 2. The van der Waals surface area contributed by atoms with E-state index in [0.29, 0.717) is 5.56 Å². The maximum atomic E-state index is 9.88. The van der Waals surface area contributed by atoms with Gasteiger partial charge in [-0.15, -0.1) is 0 Å². The third-order valence-corrected chi connectivity index (χ3v) is 2.61. The molecule has 0 amide bonds. The van der Waals surface area contributed by atoms with E-state index in [1.165, 1.54) is 6.08 Å². The molecule has 1 rings (SSSR count). The highest BCUT2D eigenvalue weighted by Crippen LogP contribution is 2.28. The van der Waals surface area contributed by atoms with Crippen LogP contribution in [-0.4, -0.2) is 16.8 Å². The van der Waals surface area contributed by atoms with Crippen LogP contribution >= 0.6 is 15.9 Å². The highest BCUT2D eigenvalue weighted by atomic mass is 79.9. The number of aliphatic hydroxyl groups excluding tert-OH is 1. The zero-order valence-electron chi connectivity index (χ0n) is 7.07. The average molecular weight is 243 g/mol. The molecule has 0 fully saturated rings. The first-order valence-electron chi connectivity index (χ1n) is 3.86. The lowest BCUT2D eigenvalue weighted by atomic mass is 9.95. The zero-order chi connectivity index (χ0) is 9.90. The van der Waals surface area contributed by atoms with Gasteiger partial charge in [0.1, 0.15) is 5.60 Å². The largest absolute Gasteiger partial charge is 0.393 e. The van der Waals surface area contributed by atoms with Gasteiger partial charge in [0.2, 0.25) is 0 Å². The fourth-order valence-electron chi connectivity index (χ4n) is 1.07. The summed E-state index contributed by atoms with van der Waals surface area (Å²) in [6, 6.07) is 7.18. The van der Waals surface area contributed by atoms with Crippen LogP contribution < -0.4 is 0 Å². The van der Waals surface area contributed by atoms with Gasteiger partial charge in [0, 0.05) is 10.0 Å². The molecule has 0 radical (unpaired) electrons. The van der Waals surface area contributed by atoms with Crippen molar-refractivity contribution in [3.63, 3.8) is 0 Å². The third-order valence-electron chi connectivity index (χ3n) is 1.92. The summed E-state index contributed by atoms with van der Waals surface area (Å²) in [5.74, 6) is 0. The van der Waals surface area contributed by atoms with Crippen molar-refractivity contribution >= 4 is 15.9 Å². The number of hydrogen-bond acceptors (Lipinski definition) is 2. The lowest BCUT2D eigenvalue weighted by molar-refractivity contribution is 0.0239. The fraction of sp³-hybridized carbons (Fsp3) is 0.200. The predicted octanol–water partition coefficient (Wildman–Crippen LogP) is 1.81. The lowest BCUT2D eigenvalue weighted by Gasteiger charge is -2.23. The van der Waals surface area contributed by atoms with Crippen molar-refractivity contribution in [3.05, 3.63) is 47.0 Å². The van der Waals surface area contributed by atoms with Gasteiger partial charge in [-0.05, 0) is 6.07 Å². The summed E-state index contributed by atoms with van der Waals surface area (Å²) in [6.45, 7) is 3.11. The molecule has 0 aliphatic rings. The summed E-state index contributed by atoms with van der Waals surface area (Å²) in [5, 5.41) is 18.9. The van der Waals surface area contributed by atoms with Crippen molar-refractivity contribution in [1.29, 1.82) is 0 Å². The van der Waals surface area contributed by atoms with E-state index >= 15 is 0 Å². The van der Waals surface area contributed by atoms with Crippen LogP contribution in [0.15, 0.2) is 41.4 Å². The normalized spacial score (nSPS) is 15.0. The molecule has 1 aromatic carbocycles. The van der Waals surface area contributed by atoms with Crippen LogP contribution in [0.2, 0.25) is 0 Å². The Morgan fingerprint density at radius 2 is 2.08 bits per heavy atom. The number of halogens is 1. The first-order valence-corrected chi connectivity index (χ1v) is 4.65. The molecule has 2 nitrogen and oxygen atoms in total. The molecule has 0 heterocycles. The standard InChI is InChI=1S/C10H11BrO2/c1-2-10(13,7-12)8-5-3-4-6-9(8)11/h2-6,12-13H,1,7H2/t10-/m1/s1. The van der Waals surface area contributed by atoms with Gasteiger partial charge in [0.05, 0.1) is 6.61 Å². The molecule has 1 aromatic rings. The van der Waals surface area contributed by atoms with Crippen LogP contribution in [0.25, 0.3) is 0 Å². The van der Waals surface area contributed by atoms with E-state index in [-0.39, 0.29) is 6.61 Å². The van der Waals surface area contributed by atoms with Crippen LogP contribution in [0.1, 0.15) is 5.56 Å². The van der Waals surface area contributed by atoms with Crippen LogP contribution in [-0.2, 0) is 5.60 Å². The first kappa shape index (κ1) is 10.4. The van der Waals surface area contributed by atoms with E-state index in [1.54, 1.807) is 18.2 Å². The number of rotatable bonds is 3. The van der Waals surface area contributed by atoms with Crippen molar-refractivity contribution in [3.8, 4) is 0 Å². The van der Waals surface area contributed by atoms with Gasteiger partial charge in [-0.1, -0.05) is 46.8 Å². The van der Waals surface area contributed by atoms with E-state index in [0.717, 1.165) is 4.47 Å². The SMILES string of the molecule is C=C[C@@](O)(CO)c1ccccc1Br. The van der Waals surface area contributed by atoms with Gasteiger partial charge in [-0.2, -0.15) is 0 Å². The lowest BCUT2D eigenvalue weighted by Crippen LogP contribution is -2.27. The molecule has 0 saturated carbocycles. The van der Waals surface area contributed by atoms with E-state index in [2.05, 4.69) is 22.5 Å². The molecule has 0 saturated heterocycles. The van der Waals surface area contributed by atoms with E-state index in [9.17, 15) is 5.11 Å². The van der Waals surface area contributed by atoms with Crippen LogP contribution in [0.3, 0.4) is 0 Å². The minimum atomic E-state index is -1.36. The molecular formula is C10H11BrO2. The highest BCUT2D eigenvalue weighted by molar-refractivity contribution is 9.10. The Balaban J connectivity index is 3.19. The summed E-state index contributed by atoms with van der Waals surface area (Å²) in [5.41, 5.74) is -0.743. The summed E-state index contributed by atoms with van der Waals surface area (Å²) >= 11 is 3.29. The van der Waals surface area contributed by atoms with Crippen molar-refractivity contribution < 1.29 is 10.2 Å². The van der Waals surface area contributed by atoms with Gasteiger partial charge in [0.15, 0.2) is 0 Å². The zero-order valence-corrected chi connectivity index (χ0v) is 8.66. The second-order valence-electron chi connectivity index (χ2n) is 2.77. The molecule has 0 aliphatic carbocycles. The molecule has 0 spiro atoms. The topological polar surface area (TPSA) is 40.5 Å². The van der Waals surface area contributed by atoms with Gasteiger partial charge < -0.3 is 10.2 Å². The molecular weight excluding hydrogens is 232 g/mol. The Morgan fingerprint density at radius 1 is 1.46 bits per heavy atom. The van der Waals surface area contributed by atoms with Crippen molar-refractivity contribution in [2.75, 3.05) is 6.61 Å². The van der Waals surface area contributed by atoms with Gasteiger partial charge in [0.25, 0.3) is 0 Å². The quantitative estimate of drug-likeness (QED) is 0.795. The molecule has 70 valence electrons. The second kappa shape index (κ2) is 4.05. The van der Waals surface area contributed by atoms with Crippen molar-refractivity contribution in [2.24, 2.45) is 0 Å². The maximum absolute atomic E-state index is 9.88. The maximum Gasteiger partial charge on any atom is 0.131 e. The Bertz CT molecular complexity index is 312. The second-order valence-corrected chi connectivity index (χ2v) is 3.62. The molecule has 0 unspecified atom stereocenters. The Morgan fingerprint density at radius 3 is 2.54 bits per heavy atom. The third kappa shape index (κ3) is 1.99. The summed E-state index contributed by atoms with van der Waals surface area (Å²) < 4.78 is 0.756. The molecule has 2 N–H and O–H groups in total. The minimum absolute atomic E-state index is 0.376. The van der Waals surface area contributed by atoms with Crippen molar-refractivity contribution in [1.82, 2.24) is 0 Å². The minimum Gasteiger partial charge on any atom is -0.393 e. The molecule has 0 aliphatic heterocycles. The van der Waals surface area contributed by atoms with Crippen LogP contribution in [0.4, 0.5) is 0 Å². The first-order chi connectivity index (χ1) is 6.14. The molecule has 0 aromatic heterocycles. The van der Waals surface area contributed by atoms with Gasteiger partial charge in [-0.25, -0.2) is 0 Å². The number of benzene rings is 1. The fourth-order valence-corrected chi connectivity index (χ4v) is 1.70. The molecule has 3 heteroatoms. The van der Waals surface area contributed by atoms with E-state index < -0.39 is 5.60 Å². The highest BCUT2D eigenvalue weighted by Gasteiger charge is 2.26. The Hall–Kier alpha value is -0.640. The van der Waals surface area contributed by atoms with Crippen LogP contribution in [0.5, 0.6) is 0 Å². The average Bonchev–Trinajstić information content (AvgIpc) is 2.17. The molecule has 1 atom stereocenters. The summed E-state index contributed by atoms with van der Waals surface area (Å²) in [6.07, 6.45) is 1.33. The smallest absolute Gasteiger partial charge is 0.131 e. The number of hydrogen-bond donors (Lipinski definition) is 2. The van der Waals surface area contributed by atoms with E-state index in [4.69, 9.17) is 5.11 Å². The van der Waals surface area contributed by atoms with Gasteiger partial charge >= 0.3 is 0 Å². The summed E-state index contributed by atoms with van der Waals surface area (Å²) in [7, 11) is 0. The Labute approximate surface area is 85.7 Å². The summed E-state index contributed by atoms with van der Waals surface area (Å²) in [4.78, 5) is 0.